The van der Waals surface area contributed by atoms with Crippen molar-refractivity contribution in [3.05, 3.63) is 58.4 Å². The zero-order valence-corrected chi connectivity index (χ0v) is 14.6. The van der Waals surface area contributed by atoms with Crippen LogP contribution in [0.5, 0.6) is 5.75 Å². The zero-order chi connectivity index (χ0) is 17.8. The van der Waals surface area contributed by atoms with Crippen molar-refractivity contribution in [3.63, 3.8) is 0 Å². The summed E-state index contributed by atoms with van der Waals surface area (Å²) in [5.74, 6) is 0.389. The summed E-state index contributed by atoms with van der Waals surface area (Å²) in [6, 6.07) is 10.2. The van der Waals surface area contributed by atoms with Crippen LogP contribution in [0.15, 0.2) is 47.2 Å². The summed E-state index contributed by atoms with van der Waals surface area (Å²) in [6.45, 7) is 1.67. The van der Waals surface area contributed by atoms with Gasteiger partial charge in [0.05, 0.1) is 5.02 Å². The summed E-state index contributed by atoms with van der Waals surface area (Å²) < 4.78 is 10.6. The lowest BCUT2D eigenvalue weighted by atomic mass is 10.1. The minimum Gasteiger partial charge on any atom is -0.482 e. The highest BCUT2D eigenvalue weighted by atomic mass is 35.5. The second-order valence-corrected chi connectivity index (χ2v) is 6.03. The number of anilines is 1. The van der Waals surface area contributed by atoms with Crippen molar-refractivity contribution >= 4 is 34.8 Å². The van der Waals surface area contributed by atoms with E-state index in [-0.39, 0.29) is 12.5 Å². The van der Waals surface area contributed by atoms with Gasteiger partial charge in [0.2, 0.25) is 12.3 Å². The van der Waals surface area contributed by atoms with Gasteiger partial charge in [0.1, 0.15) is 5.75 Å². The van der Waals surface area contributed by atoms with Crippen molar-refractivity contribution in [3.8, 4) is 17.2 Å². The largest absolute Gasteiger partial charge is 0.482 e. The van der Waals surface area contributed by atoms with Gasteiger partial charge in [0.15, 0.2) is 6.61 Å². The van der Waals surface area contributed by atoms with Gasteiger partial charge in [-0.2, -0.15) is 0 Å². The van der Waals surface area contributed by atoms with Crippen LogP contribution in [0.4, 0.5) is 5.69 Å². The summed E-state index contributed by atoms with van der Waals surface area (Å²) in [4.78, 5) is 12.2. The molecule has 0 spiro atoms. The Labute approximate surface area is 153 Å². The third kappa shape index (κ3) is 4.29. The minimum atomic E-state index is -0.332. The van der Waals surface area contributed by atoms with Crippen LogP contribution >= 0.6 is 23.2 Å². The average Bonchev–Trinajstić information content (AvgIpc) is 3.12. The van der Waals surface area contributed by atoms with Crippen molar-refractivity contribution in [1.82, 2.24) is 10.2 Å². The number of ether oxygens (including phenoxy) is 1. The smallest absolute Gasteiger partial charge is 0.262 e. The molecule has 1 aromatic heterocycles. The molecule has 0 aliphatic heterocycles. The van der Waals surface area contributed by atoms with E-state index in [1.54, 1.807) is 24.3 Å². The maximum atomic E-state index is 12.2. The molecule has 0 saturated heterocycles. The number of hydrogen-bond acceptors (Lipinski definition) is 5. The molecule has 0 aliphatic rings. The third-order valence-corrected chi connectivity index (χ3v) is 3.92. The lowest BCUT2D eigenvalue weighted by Crippen LogP contribution is -2.20. The summed E-state index contributed by atoms with van der Waals surface area (Å²) in [5, 5.41) is 11.1. The number of nitrogens with zero attached hydrogens (tertiary/aromatic N) is 2. The van der Waals surface area contributed by atoms with E-state index >= 15 is 0 Å². The minimum absolute atomic E-state index is 0.204. The Morgan fingerprint density at radius 1 is 1.24 bits per heavy atom. The molecule has 6 nitrogen and oxygen atoms in total. The van der Waals surface area contributed by atoms with Crippen LogP contribution in [-0.2, 0) is 4.79 Å². The third-order valence-electron chi connectivity index (χ3n) is 3.37. The first-order chi connectivity index (χ1) is 12.0. The number of rotatable bonds is 5. The fourth-order valence-corrected chi connectivity index (χ4v) is 2.44. The Morgan fingerprint density at radius 3 is 2.84 bits per heavy atom. The molecular formula is C17H13Cl2N3O3. The Morgan fingerprint density at radius 2 is 2.08 bits per heavy atom. The first-order valence-electron chi connectivity index (χ1n) is 7.28. The number of aromatic nitrogens is 2. The molecule has 0 saturated carbocycles. The molecule has 0 aliphatic carbocycles. The molecule has 128 valence electrons. The Bertz CT molecular complexity index is 898. The van der Waals surface area contributed by atoms with Crippen LogP contribution in [0.3, 0.4) is 0 Å². The van der Waals surface area contributed by atoms with Crippen molar-refractivity contribution in [1.29, 1.82) is 0 Å². The van der Waals surface area contributed by atoms with E-state index < -0.39 is 0 Å². The topological polar surface area (TPSA) is 77.3 Å². The monoisotopic (exact) mass is 377 g/mol. The molecule has 0 unspecified atom stereocenters. The van der Waals surface area contributed by atoms with E-state index in [1.165, 1.54) is 6.39 Å². The molecule has 1 heterocycles. The van der Waals surface area contributed by atoms with Crippen LogP contribution in [0.2, 0.25) is 10.0 Å². The molecule has 1 N–H and O–H groups in total. The first-order valence-corrected chi connectivity index (χ1v) is 8.03. The van der Waals surface area contributed by atoms with Crippen molar-refractivity contribution < 1.29 is 13.9 Å². The van der Waals surface area contributed by atoms with Gasteiger partial charge >= 0.3 is 0 Å². The Balaban J connectivity index is 1.68. The fraction of sp³-hybridized carbons (Fsp3) is 0.118. The maximum Gasteiger partial charge on any atom is 0.262 e. The Hall–Kier alpha value is -2.57. The predicted octanol–water partition coefficient (Wildman–Crippen LogP) is 4.37. The molecular weight excluding hydrogens is 365 g/mol. The van der Waals surface area contributed by atoms with E-state index in [0.29, 0.717) is 32.9 Å². The molecule has 8 heteroatoms. The van der Waals surface area contributed by atoms with Crippen LogP contribution in [0.25, 0.3) is 11.5 Å². The quantitative estimate of drug-likeness (QED) is 0.714. The number of nitrogens with one attached hydrogen (secondary N) is 1. The number of aryl methyl sites for hydroxylation is 1. The number of benzene rings is 2. The highest BCUT2D eigenvalue weighted by Gasteiger charge is 2.11. The van der Waals surface area contributed by atoms with E-state index in [2.05, 4.69) is 15.5 Å². The SMILES string of the molecule is Cc1ccc(-c2nnco2)cc1NC(=O)COc1cc(Cl)ccc1Cl. The van der Waals surface area contributed by atoms with Gasteiger partial charge in [-0.05, 0) is 36.8 Å². The lowest BCUT2D eigenvalue weighted by molar-refractivity contribution is -0.118. The number of carbonyl (C=O) groups excluding carboxylic acids is 1. The molecule has 0 fully saturated rings. The van der Waals surface area contributed by atoms with Crippen LogP contribution < -0.4 is 10.1 Å². The molecule has 0 radical (unpaired) electrons. The molecule has 3 rings (SSSR count). The highest BCUT2D eigenvalue weighted by Crippen LogP contribution is 2.28. The molecule has 0 atom stereocenters. The number of carbonyl (C=O) groups is 1. The molecule has 2 aromatic carbocycles. The average molecular weight is 378 g/mol. The normalized spacial score (nSPS) is 10.5. The summed E-state index contributed by atoms with van der Waals surface area (Å²) >= 11 is 11.9. The van der Waals surface area contributed by atoms with Gasteiger partial charge in [-0.3, -0.25) is 4.79 Å². The summed E-state index contributed by atoms with van der Waals surface area (Å²) in [5.41, 5.74) is 2.22. The predicted molar refractivity (Wildman–Crippen MR) is 95.1 cm³/mol. The molecule has 25 heavy (non-hydrogen) atoms. The van der Waals surface area contributed by atoms with Crippen molar-refractivity contribution in [2.45, 2.75) is 6.92 Å². The standard InChI is InChI=1S/C17H13Cl2N3O3/c1-10-2-3-11(17-22-20-9-25-17)6-14(10)21-16(23)8-24-15-7-12(18)4-5-13(15)19/h2-7,9H,8H2,1H3,(H,21,23). The van der Waals surface area contributed by atoms with Gasteiger partial charge in [-0.15, -0.1) is 10.2 Å². The Kier molecular flexibility index (Phi) is 5.21. The number of hydrogen-bond donors (Lipinski definition) is 1. The van der Waals surface area contributed by atoms with Crippen LogP contribution in [0.1, 0.15) is 5.56 Å². The second-order valence-electron chi connectivity index (χ2n) is 5.19. The highest BCUT2D eigenvalue weighted by molar-refractivity contribution is 6.34. The van der Waals surface area contributed by atoms with E-state index in [1.807, 2.05) is 19.1 Å². The molecule has 0 bridgehead atoms. The molecule has 1 amide bonds. The van der Waals surface area contributed by atoms with E-state index in [0.717, 1.165) is 5.56 Å². The lowest BCUT2D eigenvalue weighted by Gasteiger charge is -2.11. The second kappa shape index (κ2) is 7.55. The molecule has 3 aromatic rings. The van der Waals surface area contributed by atoms with E-state index in [4.69, 9.17) is 32.4 Å². The van der Waals surface area contributed by atoms with Gasteiger partial charge < -0.3 is 14.5 Å². The van der Waals surface area contributed by atoms with E-state index in [9.17, 15) is 4.79 Å². The van der Waals surface area contributed by atoms with Gasteiger partial charge in [-0.25, -0.2) is 0 Å². The van der Waals surface area contributed by atoms with Crippen LogP contribution in [0, 0.1) is 6.92 Å². The van der Waals surface area contributed by atoms with Gasteiger partial charge in [0, 0.05) is 22.3 Å². The van der Waals surface area contributed by atoms with Gasteiger partial charge in [0.25, 0.3) is 5.91 Å². The summed E-state index contributed by atoms with van der Waals surface area (Å²) in [6.07, 6.45) is 1.25. The zero-order valence-electron chi connectivity index (χ0n) is 13.1. The summed E-state index contributed by atoms with van der Waals surface area (Å²) in [7, 11) is 0. The fourth-order valence-electron chi connectivity index (χ4n) is 2.11. The number of amides is 1. The van der Waals surface area contributed by atoms with Crippen molar-refractivity contribution in [2.24, 2.45) is 0 Å². The van der Waals surface area contributed by atoms with Gasteiger partial charge in [-0.1, -0.05) is 29.3 Å². The first kappa shape index (κ1) is 17.3. The van der Waals surface area contributed by atoms with Crippen LogP contribution in [-0.4, -0.2) is 22.7 Å². The maximum absolute atomic E-state index is 12.2. The number of halogens is 2. The van der Waals surface area contributed by atoms with Crippen molar-refractivity contribution in [2.75, 3.05) is 11.9 Å².